The lowest BCUT2D eigenvalue weighted by molar-refractivity contribution is -0.161. The fourth-order valence-electron chi connectivity index (χ4n) is 8.66. The molecule has 1 spiro atoms. The van der Waals surface area contributed by atoms with E-state index in [4.69, 9.17) is 63.4 Å². The number of nitrogens with two attached hydrogens (primary N) is 4. The van der Waals surface area contributed by atoms with Crippen molar-refractivity contribution >= 4 is 110 Å². The van der Waals surface area contributed by atoms with E-state index in [1.807, 2.05) is 0 Å². The van der Waals surface area contributed by atoms with Crippen LogP contribution in [0.25, 0.3) is 33.8 Å². The largest absolute Gasteiger partial charge is 0.490 e. The normalized spacial score (nSPS) is 14.3. The predicted molar refractivity (Wildman–Crippen MR) is 357 cm³/mol. The molecule has 26 nitrogen and oxygen atoms in total. The monoisotopic (exact) mass is 1490 g/mol. The maximum atomic E-state index is 13.8. The Bertz CT molecular complexity index is 4020. The number of hydrogen-bond acceptors (Lipinski definition) is 26. The van der Waals surface area contributed by atoms with E-state index in [1.54, 1.807) is 0 Å². The second-order valence-corrected chi connectivity index (χ2v) is 23.2. The molecule has 2 saturated heterocycles. The van der Waals surface area contributed by atoms with E-state index < -0.39 is 54.3 Å². The van der Waals surface area contributed by atoms with Gasteiger partial charge in [-0.2, -0.15) is 0 Å². The number of rotatable bonds is 9. The Hall–Kier alpha value is -9.12. The summed E-state index contributed by atoms with van der Waals surface area (Å²) in [5, 5.41) is 17.7. The summed E-state index contributed by atoms with van der Waals surface area (Å²) in [5.41, 5.74) is 24.6. The third-order valence-electron chi connectivity index (χ3n) is 14.4. The Morgan fingerprint density at radius 3 is 1.26 bits per heavy atom. The molecule has 0 amide bonds. The van der Waals surface area contributed by atoms with Crippen molar-refractivity contribution in [2.75, 3.05) is 64.6 Å². The van der Waals surface area contributed by atoms with E-state index in [-0.39, 0.29) is 80.2 Å². The van der Waals surface area contributed by atoms with Gasteiger partial charge in [0.15, 0.2) is 16.8 Å². The minimum absolute atomic E-state index is 0.0184. The molecule has 10 N–H and O–H groups in total. The van der Waals surface area contributed by atoms with E-state index in [1.165, 1.54) is 125 Å². The number of halogens is 7. The highest BCUT2D eigenvalue weighted by Gasteiger charge is 2.53. The Labute approximate surface area is 575 Å². The van der Waals surface area contributed by atoms with Crippen LogP contribution in [0.3, 0.4) is 0 Å². The lowest BCUT2D eigenvalue weighted by Gasteiger charge is -2.32. The second-order valence-electron chi connectivity index (χ2n) is 21.2. The summed E-state index contributed by atoms with van der Waals surface area (Å²) in [5.74, 6) is -5.50. The van der Waals surface area contributed by atoms with Crippen LogP contribution in [0.5, 0.6) is 0 Å². The van der Waals surface area contributed by atoms with E-state index >= 15 is 0 Å². The van der Waals surface area contributed by atoms with Gasteiger partial charge in [-0.05, 0) is 125 Å². The number of nitrogens with zero attached hydrogens (tertiary/aromatic N) is 8. The molecular formula is C62H63B2Br2ClF4N12O14. The molecule has 4 aromatic heterocycles. The molecule has 6 heterocycles. The average Bonchev–Trinajstić information content (AvgIpc) is 1.64. The Balaban J connectivity index is 0.000000187. The summed E-state index contributed by atoms with van der Waals surface area (Å²) < 4.78 is 96.7. The molecule has 2 fully saturated rings. The number of carbonyl (C=O) groups is 4. The van der Waals surface area contributed by atoms with Crippen LogP contribution < -0.4 is 28.4 Å². The van der Waals surface area contributed by atoms with Crippen LogP contribution in [-0.4, -0.2) is 147 Å². The van der Waals surface area contributed by atoms with Crippen LogP contribution in [0.2, 0.25) is 5.15 Å². The van der Waals surface area contributed by atoms with Gasteiger partial charge in [0.2, 0.25) is 0 Å². The van der Waals surface area contributed by atoms with E-state index in [2.05, 4.69) is 124 Å². The summed E-state index contributed by atoms with van der Waals surface area (Å²) in [6.07, 6.45) is 13.5. The third kappa shape index (κ3) is 20.5. The molecule has 1 aliphatic carbocycles. The Morgan fingerprint density at radius 2 is 0.918 bits per heavy atom. The van der Waals surface area contributed by atoms with Gasteiger partial charge in [0.1, 0.15) is 67.0 Å². The van der Waals surface area contributed by atoms with Crippen molar-refractivity contribution in [3.8, 4) is 33.8 Å². The first-order valence-corrected chi connectivity index (χ1v) is 30.4. The van der Waals surface area contributed by atoms with Crippen molar-refractivity contribution in [2.24, 2.45) is 0 Å². The first-order valence-electron chi connectivity index (χ1n) is 28.4. The molecule has 2 aliphatic heterocycles. The number of carbonyl (C=O) groups excluding carboxylic acids is 4. The zero-order chi connectivity index (χ0) is 71.5. The highest BCUT2D eigenvalue weighted by atomic mass is 79.9. The minimum Gasteiger partial charge on any atom is -0.465 e. The number of ether oxygens (including phenoxy) is 6. The molecular weight excluding hydrogens is 1430 g/mol. The molecule has 35 heteroatoms. The molecule has 0 saturated carbocycles. The first-order chi connectivity index (χ1) is 45.9. The highest BCUT2D eigenvalue weighted by Crippen LogP contribution is 2.43. The summed E-state index contributed by atoms with van der Waals surface area (Å²) in [6.45, 7) is 9.75. The van der Waals surface area contributed by atoms with Crippen molar-refractivity contribution < 1.29 is 84.5 Å². The molecule has 0 unspecified atom stereocenters. The number of hydrogen-bond donors (Lipinski definition) is 6. The van der Waals surface area contributed by atoms with Gasteiger partial charge in [-0.25, -0.2) is 71.6 Å². The van der Waals surface area contributed by atoms with Crippen LogP contribution in [-0.2, 0) is 37.7 Å². The van der Waals surface area contributed by atoms with E-state index in [0.717, 1.165) is 38.5 Å². The molecule has 97 heavy (non-hydrogen) atoms. The van der Waals surface area contributed by atoms with Crippen LogP contribution in [0.4, 0.5) is 40.8 Å². The molecule has 0 bridgehead atoms. The van der Waals surface area contributed by atoms with Crippen molar-refractivity contribution in [3.63, 3.8) is 0 Å². The topological polar surface area (TPSA) is 390 Å². The van der Waals surface area contributed by atoms with Crippen molar-refractivity contribution in [1.29, 1.82) is 0 Å². The van der Waals surface area contributed by atoms with Crippen LogP contribution >= 0.6 is 43.5 Å². The molecule has 0 atom stereocenters. The number of methoxy groups -OCH3 is 4. The highest BCUT2D eigenvalue weighted by molar-refractivity contribution is 9.10. The molecule has 510 valence electrons. The van der Waals surface area contributed by atoms with Crippen molar-refractivity contribution in [1.82, 2.24) is 39.9 Å². The minimum atomic E-state index is -1.75. The Kier molecular flexibility index (Phi) is 27.5. The van der Waals surface area contributed by atoms with E-state index in [9.17, 15) is 36.7 Å². The zero-order valence-electron chi connectivity index (χ0n) is 53.0. The molecule has 3 aliphatic rings. The number of allylic oxidation sites excluding steroid dienone is 1. The fourth-order valence-corrected chi connectivity index (χ4v) is 9.32. The van der Waals surface area contributed by atoms with Crippen LogP contribution in [0.15, 0.2) is 131 Å². The quantitative estimate of drug-likeness (QED) is 0.0339. The van der Waals surface area contributed by atoms with Crippen molar-refractivity contribution in [2.45, 2.75) is 63.9 Å². The second kappa shape index (κ2) is 34.7. The summed E-state index contributed by atoms with van der Waals surface area (Å²) in [4.78, 5) is 76.0. The van der Waals surface area contributed by atoms with Gasteiger partial charge < -0.3 is 70.7 Å². The summed E-state index contributed by atoms with van der Waals surface area (Å²) >= 11 is 11.7. The summed E-state index contributed by atoms with van der Waals surface area (Å²) in [6, 6.07) is 15.3. The van der Waals surface area contributed by atoms with Gasteiger partial charge >= 0.3 is 38.1 Å². The predicted octanol–water partition coefficient (Wildman–Crippen LogP) is 8.96. The number of nitrogen functional groups attached to an aromatic ring is 4. The number of aromatic nitrogens is 8. The maximum absolute atomic E-state index is 13.8. The smallest absolute Gasteiger partial charge is 0.465 e. The maximum Gasteiger partial charge on any atom is 0.490 e. The molecule has 0 radical (unpaired) electrons. The first kappa shape index (κ1) is 76.9. The lowest BCUT2D eigenvalue weighted by atomic mass is 9.71. The number of anilines is 4. The van der Waals surface area contributed by atoms with Gasteiger partial charge in [0.25, 0.3) is 0 Å². The van der Waals surface area contributed by atoms with Gasteiger partial charge in [-0.1, -0.05) is 41.9 Å². The van der Waals surface area contributed by atoms with E-state index in [0.29, 0.717) is 56.2 Å². The average molecular weight is 1490 g/mol. The third-order valence-corrected chi connectivity index (χ3v) is 15.5. The number of benzene rings is 4. The summed E-state index contributed by atoms with van der Waals surface area (Å²) in [7, 11) is 2.73. The molecule has 4 aromatic carbocycles. The molecule has 11 rings (SSSR count). The van der Waals surface area contributed by atoms with Crippen LogP contribution in [0.1, 0.15) is 88.4 Å². The number of esters is 4. The van der Waals surface area contributed by atoms with Gasteiger partial charge in [-0.3, -0.25) is 4.98 Å². The molecule has 8 aromatic rings. The lowest BCUT2D eigenvalue weighted by Crippen LogP contribution is -2.41. The SMILES string of the molecule is CC1(C)OB(C2=CCC3(CC2)OCCO3)OC1(C)C.COC(=O)c1ccc(-c2nc(Br)cnc2N)cc1F.COC(=O)c1ccc(-c2nc(Br)cnc2N)cc1F.COC(=O)c1ccc(-c2nccnc2N)cc1F.COC(=O)c1ccc(B(O)O)cc1F.Nc1nccnc1Cl. The zero-order valence-corrected chi connectivity index (χ0v) is 56.9. The standard InChI is InChI=1S/C14H23BO4.2C12H9BrFN3O2.C12H10FN3O2.C8H8BFO4.C4H4ClN3/c1-12(2)13(3,4)19-15(18-12)11-5-7-14(8-6-11)16-9-10-17-14;2*1-19-12(18)7-3-2-6(4-8(7)14)10-11(15)16-5-9(13)17-10;1-18-12(17)8-3-2-7(6-9(8)13)10-11(14)16-5-4-15-10;1-14-8(11)6-3-2-5(9(12)13)4-7(6)10;5-3-4(6)8-2-1-7-3/h5H,6-10H2,1-4H3;2*2-5H,1H3,(H2,15,16);2-6H,1H3,(H2,14,16);2-4,12-13H,1H3;1-2H,(H2,6,8). The fraction of sp³-hybridized carbons (Fsp3) is 0.258. The van der Waals surface area contributed by atoms with Crippen molar-refractivity contribution in [3.05, 3.63) is 181 Å². The van der Waals surface area contributed by atoms with Gasteiger partial charge in [0.05, 0.1) is 87.5 Å². The van der Waals surface area contributed by atoms with Crippen LogP contribution in [0, 0.1) is 23.3 Å². The Morgan fingerprint density at radius 1 is 0.546 bits per heavy atom. The van der Waals surface area contributed by atoms with Gasteiger partial charge in [-0.15, -0.1) is 0 Å². The van der Waals surface area contributed by atoms with Gasteiger partial charge in [0, 0.05) is 54.3 Å².